The lowest BCUT2D eigenvalue weighted by Gasteiger charge is -2.39. The second kappa shape index (κ2) is 11.3. The lowest BCUT2D eigenvalue weighted by Crippen LogP contribution is -2.48. The molecular formula is C26H36N2O5. The number of likely N-dealkylation sites (tertiary alicyclic amines) is 1. The van der Waals surface area contributed by atoms with E-state index in [9.17, 15) is 4.79 Å². The number of hydrogen-bond donors (Lipinski definition) is 0. The maximum absolute atomic E-state index is 13.2. The number of hydrogen-bond acceptors (Lipinski definition) is 6. The summed E-state index contributed by atoms with van der Waals surface area (Å²) >= 11 is 0. The van der Waals surface area contributed by atoms with Crippen LogP contribution in [0.5, 0.6) is 23.0 Å². The van der Waals surface area contributed by atoms with Crippen molar-refractivity contribution in [1.29, 1.82) is 0 Å². The van der Waals surface area contributed by atoms with Gasteiger partial charge in [-0.3, -0.25) is 9.69 Å². The molecule has 1 aliphatic rings. The van der Waals surface area contributed by atoms with Crippen LogP contribution in [0.3, 0.4) is 0 Å². The molecule has 0 bridgehead atoms. The van der Waals surface area contributed by atoms with E-state index in [2.05, 4.69) is 4.90 Å². The fraction of sp³-hybridized carbons (Fsp3) is 0.500. The van der Waals surface area contributed by atoms with Gasteiger partial charge >= 0.3 is 0 Å². The highest BCUT2D eigenvalue weighted by Gasteiger charge is 2.31. The Morgan fingerprint density at radius 2 is 1.55 bits per heavy atom. The molecule has 0 spiro atoms. The zero-order valence-electron chi connectivity index (χ0n) is 20.6. The first-order valence-corrected chi connectivity index (χ1v) is 11.4. The van der Waals surface area contributed by atoms with E-state index in [-0.39, 0.29) is 17.9 Å². The van der Waals surface area contributed by atoms with Gasteiger partial charge in [0.25, 0.3) is 0 Å². The Morgan fingerprint density at radius 3 is 2.12 bits per heavy atom. The number of nitrogens with zero attached hydrogens (tertiary/aromatic N) is 2. The van der Waals surface area contributed by atoms with Crippen LogP contribution in [0.2, 0.25) is 0 Å². The molecule has 3 rings (SSSR count). The summed E-state index contributed by atoms with van der Waals surface area (Å²) in [5.74, 6) is 2.98. The van der Waals surface area contributed by atoms with Crippen LogP contribution >= 0.6 is 0 Å². The topological polar surface area (TPSA) is 60.5 Å². The highest BCUT2D eigenvalue weighted by atomic mass is 16.5. The van der Waals surface area contributed by atoms with Gasteiger partial charge in [0.2, 0.25) is 5.91 Å². The van der Waals surface area contributed by atoms with Crippen molar-refractivity contribution in [2.24, 2.45) is 5.92 Å². The Bertz CT molecular complexity index is 938. The van der Waals surface area contributed by atoms with Crippen LogP contribution in [0.4, 0.5) is 5.69 Å². The smallest absolute Gasteiger partial charge is 0.229 e. The summed E-state index contributed by atoms with van der Waals surface area (Å²) in [7, 11) is 6.59. The summed E-state index contributed by atoms with van der Waals surface area (Å²) in [6, 6.07) is 11.7. The molecule has 1 fully saturated rings. The van der Waals surface area contributed by atoms with Gasteiger partial charge in [-0.2, -0.15) is 0 Å². The molecule has 1 heterocycles. The first-order valence-electron chi connectivity index (χ1n) is 11.4. The van der Waals surface area contributed by atoms with Crippen molar-refractivity contribution in [3.63, 3.8) is 0 Å². The fourth-order valence-electron chi connectivity index (χ4n) is 4.35. The van der Waals surface area contributed by atoms with Gasteiger partial charge in [0.15, 0.2) is 11.5 Å². The minimum absolute atomic E-state index is 0.0998. The molecule has 1 saturated heterocycles. The minimum Gasteiger partial charge on any atom is -0.497 e. The zero-order chi connectivity index (χ0) is 24.0. The molecule has 0 unspecified atom stereocenters. The highest BCUT2D eigenvalue weighted by Crippen LogP contribution is 2.35. The molecule has 0 atom stereocenters. The van der Waals surface area contributed by atoms with Crippen molar-refractivity contribution in [2.75, 3.05) is 46.4 Å². The zero-order valence-corrected chi connectivity index (χ0v) is 20.6. The van der Waals surface area contributed by atoms with E-state index in [0.29, 0.717) is 11.5 Å². The molecule has 7 nitrogen and oxygen atoms in total. The van der Waals surface area contributed by atoms with Crippen LogP contribution in [-0.4, -0.2) is 58.4 Å². The quantitative estimate of drug-likeness (QED) is 0.558. The van der Waals surface area contributed by atoms with Crippen molar-refractivity contribution in [3.05, 3.63) is 42.0 Å². The molecule has 180 valence electrons. The second-order valence-corrected chi connectivity index (χ2v) is 8.59. The Labute approximate surface area is 197 Å². The van der Waals surface area contributed by atoms with Crippen LogP contribution in [0.25, 0.3) is 0 Å². The van der Waals surface area contributed by atoms with Crippen molar-refractivity contribution in [2.45, 2.75) is 39.3 Å². The number of carbonyl (C=O) groups is 1. The molecule has 7 heteroatoms. The number of piperidine rings is 1. The molecule has 0 aliphatic carbocycles. The van der Waals surface area contributed by atoms with Gasteiger partial charge in [-0.05, 0) is 43.2 Å². The lowest BCUT2D eigenvalue weighted by atomic mass is 9.99. The predicted octanol–water partition coefficient (Wildman–Crippen LogP) is 4.37. The van der Waals surface area contributed by atoms with E-state index in [1.165, 1.54) is 0 Å². The Morgan fingerprint density at radius 1 is 0.909 bits per heavy atom. The molecular weight excluding hydrogens is 420 g/mol. The van der Waals surface area contributed by atoms with E-state index in [1.807, 2.05) is 55.1 Å². The number of carbonyl (C=O) groups excluding carboxylic acids is 1. The van der Waals surface area contributed by atoms with Gasteiger partial charge in [-0.25, -0.2) is 0 Å². The number of anilines is 1. The average Bonchev–Trinajstić information content (AvgIpc) is 2.84. The van der Waals surface area contributed by atoms with Crippen LogP contribution < -0.4 is 23.8 Å². The van der Waals surface area contributed by atoms with Crippen LogP contribution in [0.15, 0.2) is 36.4 Å². The minimum atomic E-state index is -0.0998. The fourth-order valence-corrected chi connectivity index (χ4v) is 4.35. The number of methoxy groups -OCH3 is 4. The van der Waals surface area contributed by atoms with E-state index in [1.54, 1.807) is 28.4 Å². The van der Waals surface area contributed by atoms with Gasteiger partial charge in [0.05, 0.1) is 28.4 Å². The third kappa shape index (κ3) is 5.71. The number of benzene rings is 2. The maximum Gasteiger partial charge on any atom is 0.229 e. The third-order valence-corrected chi connectivity index (χ3v) is 6.18. The number of amides is 1. The first kappa shape index (κ1) is 24.7. The monoisotopic (exact) mass is 456 g/mol. The van der Waals surface area contributed by atoms with Gasteiger partial charge < -0.3 is 23.8 Å². The molecule has 1 aliphatic heterocycles. The highest BCUT2D eigenvalue weighted by molar-refractivity contribution is 5.95. The Balaban J connectivity index is 1.76. The second-order valence-electron chi connectivity index (χ2n) is 8.59. The summed E-state index contributed by atoms with van der Waals surface area (Å²) in [6.07, 6.45) is 1.78. The summed E-state index contributed by atoms with van der Waals surface area (Å²) < 4.78 is 21.8. The van der Waals surface area contributed by atoms with Crippen molar-refractivity contribution < 1.29 is 23.7 Å². The molecule has 2 aromatic rings. The van der Waals surface area contributed by atoms with E-state index < -0.39 is 0 Å². The molecule has 2 aromatic carbocycles. The Kier molecular flexibility index (Phi) is 8.44. The van der Waals surface area contributed by atoms with Gasteiger partial charge in [-0.1, -0.05) is 13.8 Å². The predicted molar refractivity (Wildman–Crippen MR) is 130 cm³/mol. The third-order valence-electron chi connectivity index (χ3n) is 6.18. The molecule has 33 heavy (non-hydrogen) atoms. The number of rotatable bonds is 9. The summed E-state index contributed by atoms with van der Waals surface area (Å²) in [6.45, 7) is 6.45. The largest absolute Gasteiger partial charge is 0.497 e. The molecule has 0 N–H and O–H groups in total. The summed E-state index contributed by atoms with van der Waals surface area (Å²) in [5, 5.41) is 0. The molecule has 0 saturated carbocycles. The average molecular weight is 457 g/mol. The van der Waals surface area contributed by atoms with Gasteiger partial charge in [0, 0.05) is 48.9 Å². The Hall–Kier alpha value is -2.93. The normalized spacial score (nSPS) is 14.8. The van der Waals surface area contributed by atoms with Crippen molar-refractivity contribution in [3.8, 4) is 23.0 Å². The van der Waals surface area contributed by atoms with Crippen LogP contribution in [-0.2, 0) is 11.3 Å². The first-order chi connectivity index (χ1) is 15.9. The maximum atomic E-state index is 13.2. The lowest BCUT2D eigenvalue weighted by molar-refractivity contribution is -0.122. The molecule has 0 radical (unpaired) electrons. The standard InChI is InChI=1S/C26H36N2O5/c1-18(2)26(29)28(21-7-9-24(32-5)25(16-21)33-6)20-11-13-27(14-12-20)17-19-15-22(30-3)8-10-23(19)31-4/h7-10,15-16,18,20H,11-14,17H2,1-6H3. The number of ether oxygens (including phenoxy) is 4. The molecule has 1 amide bonds. The van der Waals surface area contributed by atoms with Gasteiger partial charge in [-0.15, -0.1) is 0 Å². The van der Waals surface area contributed by atoms with E-state index in [4.69, 9.17) is 18.9 Å². The summed E-state index contributed by atoms with van der Waals surface area (Å²) in [4.78, 5) is 17.6. The summed E-state index contributed by atoms with van der Waals surface area (Å²) in [5.41, 5.74) is 1.95. The van der Waals surface area contributed by atoms with Gasteiger partial charge in [0.1, 0.15) is 11.5 Å². The van der Waals surface area contributed by atoms with E-state index in [0.717, 1.165) is 55.2 Å². The van der Waals surface area contributed by atoms with Crippen LogP contribution in [0, 0.1) is 5.92 Å². The van der Waals surface area contributed by atoms with Crippen LogP contribution in [0.1, 0.15) is 32.3 Å². The molecule has 0 aromatic heterocycles. The van der Waals surface area contributed by atoms with E-state index >= 15 is 0 Å². The SMILES string of the molecule is COc1ccc(OC)c(CN2CCC(N(C(=O)C(C)C)c3ccc(OC)c(OC)c3)CC2)c1. The van der Waals surface area contributed by atoms with Crippen molar-refractivity contribution >= 4 is 11.6 Å². The van der Waals surface area contributed by atoms with Crippen molar-refractivity contribution in [1.82, 2.24) is 4.90 Å².